The Morgan fingerprint density at radius 1 is 1.21 bits per heavy atom. The quantitative estimate of drug-likeness (QED) is 0.731. The summed E-state index contributed by atoms with van der Waals surface area (Å²) in [6.45, 7) is 4.04. The van der Waals surface area contributed by atoms with Crippen LogP contribution in [-0.4, -0.2) is 4.98 Å². The molecule has 0 aliphatic carbocycles. The van der Waals surface area contributed by atoms with Crippen molar-refractivity contribution in [2.24, 2.45) is 0 Å². The highest BCUT2D eigenvalue weighted by Gasteiger charge is 2.11. The molecule has 0 radical (unpaired) electrons. The fourth-order valence-corrected chi connectivity index (χ4v) is 1.50. The summed E-state index contributed by atoms with van der Waals surface area (Å²) < 4.78 is 5.51. The fourth-order valence-electron chi connectivity index (χ4n) is 1.19. The van der Waals surface area contributed by atoms with Gasteiger partial charge in [-0.3, -0.25) is 0 Å². The summed E-state index contributed by atoms with van der Waals surface area (Å²) in [5, 5.41) is 0.994. The standard InChI is InChI=1S/C10H9Cl2NO/c1-5(2)10-13-8-3-6(11)7(12)4-9(8)14-10/h3-5H,1-2H3. The predicted octanol–water partition coefficient (Wildman–Crippen LogP) is 4.26. The van der Waals surface area contributed by atoms with Gasteiger partial charge in [-0.1, -0.05) is 37.0 Å². The lowest BCUT2D eigenvalue weighted by molar-refractivity contribution is 0.501. The number of oxazole rings is 1. The third-order valence-electron chi connectivity index (χ3n) is 1.94. The van der Waals surface area contributed by atoms with E-state index < -0.39 is 0 Å². The van der Waals surface area contributed by atoms with Gasteiger partial charge < -0.3 is 4.42 Å². The SMILES string of the molecule is CC(C)c1nc2cc(Cl)c(Cl)cc2o1. The van der Waals surface area contributed by atoms with Gasteiger partial charge in [0.2, 0.25) is 0 Å². The highest BCUT2D eigenvalue weighted by atomic mass is 35.5. The molecule has 2 rings (SSSR count). The van der Waals surface area contributed by atoms with E-state index in [4.69, 9.17) is 27.6 Å². The van der Waals surface area contributed by atoms with Crippen LogP contribution >= 0.6 is 23.2 Å². The maximum absolute atomic E-state index is 5.86. The van der Waals surface area contributed by atoms with Crippen molar-refractivity contribution < 1.29 is 4.42 Å². The molecule has 0 aliphatic rings. The van der Waals surface area contributed by atoms with Crippen LogP contribution in [0.5, 0.6) is 0 Å². The van der Waals surface area contributed by atoms with Crippen molar-refractivity contribution in [3.05, 3.63) is 28.1 Å². The van der Waals surface area contributed by atoms with E-state index in [0.29, 0.717) is 21.5 Å². The number of hydrogen-bond donors (Lipinski definition) is 0. The minimum atomic E-state index is 0.264. The fraction of sp³-hybridized carbons (Fsp3) is 0.300. The molecule has 0 fully saturated rings. The van der Waals surface area contributed by atoms with Gasteiger partial charge in [-0.25, -0.2) is 4.98 Å². The first kappa shape index (κ1) is 9.81. The molecule has 0 saturated heterocycles. The largest absolute Gasteiger partial charge is 0.440 e. The van der Waals surface area contributed by atoms with Crippen molar-refractivity contribution in [3.63, 3.8) is 0 Å². The first-order chi connectivity index (χ1) is 6.58. The monoisotopic (exact) mass is 229 g/mol. The van der Waals surface area contributed by atoms with Gasteiger partial charge in [0.25, 0.3) is 0 Å². The molecule has 0 saturated carbocycles. The number of fused-ring (bicyclic) bond motifs is 1. The number of rotatable bonds is 1. The van der Waals surface area contributed by atoms with Gasteiger partial charge in [0.1, 0.15) is 5.52 Å². The molecule has 74 valence electrons. The Hall–Kier alpha value is -0.730. The molecule has 14 heavy (non-hydrogen) atoms. The lowest BCUT2D eigenvalue weighted by Crippen LogP contribution is -1.84. The summed E-state index contributed by atoms with van der Waals surface area (Å²) in [4.78, 5) is 4.30. The van der Waals surface area contributed by atoms with E-state index in [1.54, 1.807) is 12.1 Å². The number of aromatic nitrogens is 1. The normalized spacial score (nSPS) is 11.5. The molecule has 0 amide bonds. The highest BCUT2D eigenvalue weighted by Crippen LogP contribution is 2.29. The summed E-state index contributed by atoms with van der Waals surface area (Å²) in [5.74, 6) is 0.971. The lowest BCUT2D eigenvalue weighted by Gasteiger charge is -1.93. The van der Waals surface area contributed by atoms with Gasteiger partial charge in [-0.2, -0.15) is 0 Å². The van der Waals surface area contributed by atoms with E-state index in [0.717, 1.165) is 5.52 Å². The van der Waals surface area contributed by atoms with Crippen LogP contribution in [0.2, 0.25) is 10.0 Å². The van der Waals surface area contributed by atoms with Gasteiger partial charge in [-0.15, -0.1) is 0 Å². The van der Waals surface area contributed by atoms with Crippen molar-refractivity contribution in [1.29, 1.82) is 0 Å². The van der Waals surface area contributed by atoms with Crippen molar-refractivity contribution >= 4 is 34.3 Å². The first-order valence-corrected chi connectivity index (χ1v) is 5.09. The van der Waals surface area contributed by atoms with Crippen LogP contribution in [0, 0.1) is 0 Å². The lowest BCUT2D eigenvalue weighted by atomic mass is 10.2. The third kappa shape index (κ3) is 1.60. The average molecular weight is 230 g/mol. The van der Waals surface area contributed by atoms with Crippen LogP contribution in [0.15, 0.2) is 16.5 Å². The maximum Gasteiger partial charge on any atom is 0.198 e. The minimum absolute atomic E-state index is 0.264. The third-order valence-corrected chi connectivity index (χ3v) is 2.66. The van der Waals surface area contributed by atoms with Crippen LogP contribution in [0.25, 0.3) is 11.1 Å². The predicted molar refractivity (Wildman–Crippen MR) is 58.1 cm³/mol. The van der Waals surface area contributed by atoms with Crippen LogP contribution < -0.4 is 0 Å². The maximum atomic E-state index is 5.86. The molecule has 0 bridgehead atoms. The minimum Gasteiger partial charge on any atom is -0.440 e. The highest BCUT2D eigenvalue weighted by molar-refractivity contribution is 6.42. The van der Waals surface area contributed by atoms with Gasteiger partial charge in [0.05, 0.1) is 10.0 Å². The molecule has 1 aromatic carbocycles. The summed E-state index contributed by atoms with van der Waals surface area (Å²) in [6, 6.07) is 3.41. The number of benzene rings is 1. The van der Waals surface area contributed by atoms with E-state index in [9.17, 15) is 0 Å². The van der Waals surface area contributed by atoms with Crippen LogP contribution in [0.3, 0.4) is 0 Å². The molecule has 4 heteroatoms. The van der Waals surface area contributed by atoms with E-state index >= 15 is 0 Å². The number of halogens is 2. The van der Waals surface area contributed by atoms with Crippen molar-refractivity contribution in [1.82, 2.24) is 4.98 Å². The molecule has 1 heterocycles. The van der Waals surface area contributed by atoms with E-state index in [1.165, 1.54) is 0 Å². The Bertz CT molecular complexity index is 437. The second kappa shape index (κ2) is 3.44. The zero-order chi connectivity index (χ0) is 10.3. The Labute approximate surface area is 91.8 Å². The summed E-state index contributed by atoms with van der Waals surface area (Å²) in [6.07, 6.45) is 0. The van der Waals surface area contributed by atoms with Crippen molar-refractivity contribution in [3.8, 4) is 0 Å². The molecule has 0 atom stereocenters. The topological polar surface area (TPSA) is 26.0 Å². The van der Waals surface area contributed by atoms with Crippen molar-refractivity contribution in [2.75, 3.05) is 0 Å². The Kier molecular flexibility index (Phi) is 2.41. The second-order valence-electron chi connectivity index (χ2n) is 3.44. The van der Waals surface area contributed by atoms with Crippen LogP contribution in [0.4, 0.5) is 0 Å². The molecule has 2 nitrogen and oxygen atoms in total. The first-order valence-electron chi connectivity index (χ1n) is 4.33. The molecule has 0 spiro atoms. The molecular formula is C10H9Cl2NO. The Balaban J connectivity index is 2.66. The summed E-state index contributed by atoms with van der Waals surface area (Å²) in [5.41, 5.74) is 1.44. The Morgan fingerprint density at radius 2 is 1.86 bits per heavy atom. The van der Waals surface area contributed by atoms with E-state index in [-0.39, 0.29) is 5.92 Å². The van der Waals surface area contributed by atoms with Gasteiger partial charge in [0.15, 0.2) is 11.5 Å². The molecule has 0 aliphatic heterocycles. The number of nitrogens with zero attached hydrogens (tertiary/aromatic N) is 1. The van der Waals surface area contributed by atoms with E-state index in [1.807, 2.05) is 13.8 Å². The zero-order valence-corrected chi connectivity index (χ0v) is 9.36. The average Bonchev–Trinajstić information content (AvgIpc) is 2.48. The number of hydrogen-bond acceptors (Lipinski definition) is 2. The van der Waals surface area contributed by atoms with Crippen LogP contribution in [-0.2, 0) is 0 Å². The molecule has 0 N–H and O–H groups in total. The molecule has 1 aromatic heterocycles. The smallest absolute Gasteiger partial charge is 0.198 e. The van der Waals surface area contributed by atoms with E-state index in [2.05, 4.69) is 4.98 Å². The van der Waals surface area contributed by atoms with Crippen molar-refractivity contribution in [2.45, 2.75) is 19.8 Å². The zero-order valence-electron chi connectivity index (χ0n) is 7.84. The molecular weight excluding hydrogens is 221 g/mol. The summed E-state index contributed by atoms with van der Waals surface area (Å²) >= 11 is 11.7. The second-order valence-corrected chi connectivity index (χ2v) is 4.26. The molecule has 0 unspecified atom stereocenters. The van der Waals surface area contributed by atoms with Gasteiger partial charge in [0, 0.05) is 12.0 Å². The van der Waals surface area contributed by atoms with Gasteiger partial charge in [-0.05, 0) is 6.07 Å². The Morgan fingerprint density at radius 3 is 2.50 bits per heavy atom. The van der Waals surface area contributed by atoms with Crippen LogP contribution in [0.1, 0.15) is 25.7 Å². The summed E-state index contributed by atoms with van der Waals surface area (Å²) in [7, 11) is 0. The molecule has 2 aromatic rings. The van der Waals surface area contributed by atoms with Gasteiger partial charge >= 0.3 is 0 Å².